The molecule has 2 nitrogen and oxygen atoms in total. The van der Waals surface area contributed by atoms with E-state index in [0.717, 1.165) is 19.3 Å². The first-order valence-electron chi connectivity index (χ1n) is 4.61. The Labute approximate surface area is 94.8 Å². The third-order valence-electron chi connectivity index (χ3n) is 1.77. The van der Waals surface area contributed by atoms with Gasteiger partial charge in [-0.2, -0.15) is 0 Å². The molecule has 0 aliphatic rings. The minimum absolute atomic E-state index is 0.316. The molecule has 78 valence electrons. The average Bonchev–Trinajstić information content (AvgIpc) is 2.14. The van der Waals surface area contributed by atoms with E-state index in [-0.39, 0.29) is 0 Å². The van der Waals surface area contributed by atoms with Gasteiger partial charge in [0, 0.05) is 7.11 Å². The summed E-state index contributed by atoms with van der Waals surface area (Å²) in [4.78, 5) is 0. The molecule has 0 saturated heterocycles. The molecule has 1 atom stereocenters. The van der Waals surface area contributed by atoms with Gasteiger partial charge < -0.3 is 9.47 Å². The van der Waals surface area contributed by atoms with E-state index in [9.17, 15) is 0 Å². The number of halogens is 1. The minimum atomic E-state index is 0.316. The van der Waals surface area contributed by atoms with Crippen molar-refractivity contribution in [3.63, 3.8) is 0 Å². The molecule has 0 heterocycles. The average molecular weight is 298 g/mol. The maximum atomic E-state index is 5.54. The zero-order valence-electron chi connectivity index (χ0n) is 8.68. The first-order valence-corrected chi connectivity index (χ1v) is 5.85. The molecule has 0 rings (SSSR count). The van der Waals surface area contributed by atoms with Crippen molar-refractivity contribution in [2.75, 3.05) is 13.9 Å². The topological polar surface area (TPSA) is 18.5 Å². The van der Waals surface area contributed by atoms with Crippen LogP contribution in [-0.4, -0.2) is 20.0 Å². The summed E-state index contributed by atoms with van der Waals surface area (Å²) in [5.74, 6) is 0. The number of rotatable bonds is 7. The van der Waals surface area contributed by atoms with Gasteiger partial charge in [0.05, 0.1) is 6.10 Å². The van der Waals surface area contributed by atoms with Gasteiger partial charge in [0.25, 0.3) is 0 Å². The molecular formula is C10H19IO2. The normalized spacial score (nSPS) is 14.6. The Morgan fingerprint density at radius 1 is 1.54 bits per heavy atom. The lowest BCUT2D eigenvalue weighted by Crippen LogP contribution is -2.14. The summed E-state index contributed by atoms with van der Waals surface area (Å²) in [7, 11) is 1.66. The number of ether oxygens (including phenoxy) is 2. The molecule has 0 unspecified atom stereocenters. The lowest BCUT2D eigenvalue weighted by Gasteiger charge is -2.16. The van der Waals surface area contributed by atoms with Gasteiger partial charge in [-0.3, -0.25) is 0 Å². The molecule has 0 aliphatic heterocycles. The van der Waals surface area contributed by atoms with Crippen LogP contribution in [0.4, 0.5) is 0 Å². The summed E-state index contributed by atoms with van der Waals surface area (Å²) in [5, 5.41) is 0. The van der Waals surface area contributed by atoms with Crippen molar-refractivity contribution in [3.8, 4) is 0 Å². The Kier molecular flexibility index (Phi) is 9.23. The van der Waals surface area contributed by atoms with Crippen LogP contribution in [0.5, 0.6) is 0 Å². The fourth-order valence-electron chi connectivity index (χ4n) is 1.13. The largest absolute Gasteiger partial charge is 0.359 e. The molecule has 0 N–H and O–H groups in total. The van der Waals surface area contributed by atoms with E-state index in [0.29, 0.717) is 12.9 Å². The maximum Gasteiger partial charge on any atom is 0.146 e. The second-order valence-electron chi connectivity index (χ2n) is 3.14. The summed E-state index contributed by atoms with van der Waals surface area (Å²) in [6.45, 7) is 4.71. The van der Waals surface area contributed by atoms with Crippen molar-refractivity contribution in [1.82, 2.24) is 0 Å². The number of hydrogen-bond acceptors (Lipinski definition) is 2. The highest BCUT2D eigenvalue weighted by Crippen LogP contribution is 2.14. The van der Waals surface area contributed by atoms with Crippen molar-refractivity contribution in [1.29, 1.82) is 0 Å². The fraction of sp³-hybridized carbons (Fsp3) is 0.800. The van der Waals surface area contributed by atoms with Gasteiger partial charge in [-0.25, -0.2) is 0 Å². The van der Waals surface area contributed by atoms with Gasteiger partial charge in [0.2, 0.25) is 0 Å². The summed E-state index contributed by atoms with van der Waals surface area (Å²) >= 11 is 2.26. The predicted molar refractivity (Wildman–Crippen MR) is 64.1 cm³/mol. The van der Waals surface area contributed by atoms with Gasteiger partial charge in [-0.1, -0.05) is 41.5 Å². The zero-order chi connectivity index (χ0) is 10.1. The monoisotopic (exact) mass is 298 g/mol. The Morgan fingerprint density at radius 3 is 2.69 bits per heavy atom. The minimum Gasteiger partial charge on any atom is -0.359 e. The Hall–Kier alpha value is 0.390. The van der Waals surface area contributed by atoms with Gasteiger partial charge in [-0.05, 0) is 23.8 Å². The van der Waals surface area contributed by atoms with Crippen LogP contribution in [0.3, 0.4) is 0 Å². The third-order valence-corrected chi connectivity index (χ3v) is 2.83. The van der Waals surface area contributed by atoms with E-state index in [1.807, 2.05) is 0 Å². The lowest BCUT2D eigenvalue weighted by molar-refractivity contribution is -0.0736. The zero-order valence-corrected chi connectivity index (χ0v) is 10.8. The van der Waals surface area contributed by atoms with Crippen molar-refractivity contribution >= 4 is 22.6 Å². The highest BCUT2D eigenvalue weighted by atomic mass is 127. The van der Waals surface area contributed by atoms with Crippen LogP contribution in [0.25, 0.3) is 0 Å². The molecule has 0 aromatic rings. The van der Waals surface area contributed by atoms with Crippen LogP contribution in [0.15, 0.2) is 9.66 Å². The molecule has 0 spiro atoms. The smallest absolute Gasteiger partial charge is 0.146 e. The highest BCUT2D eigenvalue weighted by Gasteiger charge is 2.08. The second-order valence-corrected chi connectivity index (χ2v) is 3.77. The molecular weight excluding hydrogens is 279 g/mol. The fourth-order valence-corrected chi connectivity index (χ4v) is 1.39. The standard InChI is InChI=1S/C10H19IO2/c1-4-5-10(13-8-12-3)6-9(2)7-11/h7,10H,4-6,8H2,1-3H3/b9-7+/t10-/m1/s1. The van der Waals surface area contributed by atoms with E-state index in [2.05, 4.69) is 40.5 Å². The quantitative estimate of drug-likeness (QED) is 0.529. The Morgan fingerprint density at radius 2 is 2.23 bits per heavy atom. The van der Waals surface area contributed by atoms with Gasteiger partial charge >= 0.3 is 0 Å². The van der Waals surface area contributed by atoms with Crippen molar-refractivity contribution in [2.45, 2.75) is 39.2 Å². The SMILES string of the molecule is CCC[C@H](C/C(C)=C/I)OCOC. The summed E-state index contributed by atoms with van der Waals surface area (Å²) in [5.41, 5.74) is 1.37. The second kappa shape index (κ2) is 8.97. The van der Waals surface area contributed by atoms with E-state index < -0.39 is 0 Å². The Bertz CT molecular complexity index is 146. The molecule has 0 amide bonds. The summed E-state index contributed by atoms with van der Waals surface area (Å²) in [6, 6.07) is 0. The number of hydrogen-bond donors (Lipinski definition) is 0. The number of methoxy groups -OCH3 is 1. The van der Waals surface area contributed by atoms with Gasteiger partial charge in [0.1, 0.15) is 6.79 Å². The van der Waals surface area contributed by atoms with Crippen molar-refractivity contribution in [2.24, 2.45) is 0 Å². The third kappa shape index (κ3) is 7.46. The van der Waals surface area contributed by atoms with Gasteiger partial charge in [-0.15, -0.1) is 0 Å². The predicted octanol–water partition coefficient (Wildman–Crippen LogP) is 3.50. The first-order chi connectivity index (χ1) is 6.24. The molecule has 0 aliphatic carbocycles. The van der Waals surface area contributed by atoms with E-state index >= 15 is 0 Å². The van der Waals surface area contributed by atoms with Crippen LogP contribution in [0.1, 0.15) is 33.1 Å². The summed E-state index contributed by atoms with van der Waals surface area (Å²) < 4.78 is 12.5. The first kappa shape index (κ1) is 13.4. The molecule has 0 aromatic carbocycles. The van der Waals surface area contributed by atoms with Crippen LogP contribution in [0.2, 0.25) is 0 Å². The molecule has 0 radical (unpaired) electrons. The Balaban J connectivity index is 3.79. The van der Waals surface area contributed by atoms with Crippen LogP contribution in [0, 0.1) is 0 Å². The molecule has 0 fully saturated rings. The van der Waals surface area contributed by atoms with E-state index in [1.54, 1.807) is 7.11 Å². The molecule has 0 saturated carbocycles. The molecule has 0 bridgehead atoms. The molecule has 3 heteroatoms. The van der Waals surface area contributed by atoms with Gasteiger partial charge in [0.15, 0.2) is 0 Å². The maximum absolute atomic E-state index is 5.54. The van der Waals surface area contributed by atoms with Crippen molar-refractivity contribution in [3.05, 3.63) is 9.66 Å². The highest BCUT2D eigenvalue weighted by molar-refractivity contribution is 14.1. The molecule has 0 aromatic heterocycles. The van der Waals surface area contributed by atoms with Crippen LogP contribution >= 0.6 is 22.6 Å². The molecule has 13 heavy (non-hydrogen) atoms. The lowest BCUT2D eigenvalue weighted by atomic mass is 10.1. The van der Waals surface area contributed by atoms with Crippen LogP contribution < -0.4 is 0 Å². The van der Waals surface area contributed by atoms with E-state index in [4.69, 9.17) is 9.47 Å². The van der Waals surface area contributed by atoms with Crippen LogP contribution in [-0.2, 0) is 9.47 Å². The van der Waals surface area contributed by atoms with E-state index in [1.165, 1.54) is 5.57 Å². The van der Waals surface area contributed by atoms with Crippen molar-refractivity contribution < 1.29 is 9.47 Å². The summed E-state index contributed by atoms with van der Waals surface area (Å²) in [6.07, 6.45) is 3.59.